The Balaban J connectivity index is 1.66. The van der Waals surface area contributed by atoms with Crippen molar-refractivity contribution in [3.63, 3.8) is 0 Å². The largest absolute Gasteiger partial charge is 0.462 e. The molecular weight excluding hydrogens is 984 g/mol. The van der Waals surface area contributed by atoms with Crippen molar-refractivity contribution in [3.8, 4) is 5.75 Å². The van der Waals surface area contributed by atoms with Crippen LogP contribution in [0.4, 0.5) is 0 Å². The quantitative estimate of drug-likeness (QED) is 0.0164. The van der Waals surface area contributed by atoms with E-state index in [2.05, 4.69) is 33.9 Å². The molecule has 0 amide bonds. The molecule has 430 valence electrons. The first-order valence-corrected chi connectivity index (χ1v) is 31.3. The van der Waals surface area contributed by atoms with Crippen LogP contribution in [-0.4, -0.2) is 63.8 Å². The van der Waals surface area contributed by atoms with Gasteiger partial charge in [0.15, 0.2) is 6.23 Å². The Morgan fingerprint density at radius 3 is 1.67 bits per heavy atom. The molecule has 0 bridgehead atoms. The van der Waals surface area contributed by atoms with Gasteiger partial charge in [0, 0.05) is 30.4 Å². The second-order valence-electron chi connectivity index (χ2n) is 21.6. The van der Waals surface area contributed by atoms with Crippen molar-refractivity contribution in [1.29, 1.82) is 0 Å². The van der Waals surface area contributed by atoms with E-state index >= 15 is 0 Å². The predicted molar refractivity (Wildman–Crippen MR) is 302 cm³/mol. The SMILES string of the molecule is CCCCCCCCCCCCCCCCCC(=O)Cc1ccn([C@@H]2O[C@H](COP(=O)(N[C@@H](C)C(=O)OC(C)C)Oc3ccccc3)[C@@H](OC(=O)CCCCCCCCCCCCCCCCC)[C@@]2(C)N=[N+]=[N-])c(=O)n1. The van der Waals surface area contributed by atoms with Crippen LogP contribution in [0.2, 0.25) is 0 Å². The summed E-state index contributed by atoms with van der Waals surface area (Å²) in [5.41, 5.74) is 7.73. The third-order valence-corrected chi connectivity index (χ3v) is 15.9. The summed E-state index contributed by atoms with van der Waals surface area (Å²) >= 11 is 0. The van der Waals surface area contributed by atoms with Crippen molar-refractivity contribution < 1.29 is 42.2 Å². The maximum absolute atomic E-state index is 14.6. The normalized spacial score (nSPS) is 18.5. The molecule has 1 saturated heterocycles. The molecule has 1 aromatic carbocycles. The van der Waals surface area contributed by atoms with Gasteiger partial charge in [-0.2, -0.15) is 10.1 Å². The lowest BCUT2D eigenvalue weighted by Crippen LogP contribution is -2.47. The summed E-state index contributed by atoms with van der Waals surface area (Å²) in [5, 5.41) is 6.75. The van der Waals surface area contributed by atoms with E-state index < -0.39 is 68.1 Å². The Labute approximate surface area is 456 Å². The summed E-state index contributed by atoms with van der Waals surface area (Å²) in [6, 6.07) is 8.63. The van der Waals surface area contributed by atoms with Crippen LogP contribution < -0.4 is 15.3 Å². The lowest BCUT2D eigenvalue weighted by molar-refractivity contribution is -0.155. The molecule has 1 N–H and O–H groups in total. The lowest BCUT2D eigenvalue weighted by Gasteiger charge is -2.31. The number of azide groups is 1. The number of ketones is 1. The summed E-state index contributed by atoms with van der Waals surface area (Å²) in [6.07, 6.45) is 33.6. The van der Waals surface area contributed by atoms with Crippen LogP contribution in [-0.2, 0) is 44.1 Å². The van der Waals surface area contributed by atoms with Crippen LogP contribution in [0.1, 0.15) is 259 Å². The molecule has 17 heteroatoms. The number of nitrogens with zero attached hydrogens (tertiary/aromatic N) is 5. The van der Waals surface area contributed by atoms with E-state index in [4.69, 9.17) is 23.3 Å². The van der Waals surface area contributed by atoms with Crippen LogP contribution in [0.25, 0.3) is 10.4 Å². The molecule has 0 radical (unpaired) electrons. The maximum Gasteiger partial charge on any atom is 0.459 e. The van der Waals surface area contributed by atoms with E-state index in [1.165, 1.54) is 161 Å². The monoisotopic (exact) mass is 1080 g/mol. The second-order valence-corrected chi connectivity index (χ2v) is 23.3. The van der Waals surface area contributed by atoms with Crippen molar-refractivity contribution in [2.24, 2.45) is 5.11 Å². The van der Waals surface area contributed by atoms with Crippen LogP contribution in [0, 0.1) is 0 Å². The first-order valence-electron chi connectivity index (χ1n) is 29.7. The molecule has 0 aliphatic carbocycles. The van der Waals surface area contributed by atoms with E-state index in [0.29, 0.717) is 12.8 Å². The van der Waals surface area contributed by atoms with Crippen molar-refractivity contribution in [1.82, 2.24) is 14.6 Å². The van der Waals surface area contributed by atoms with Crippen molar-refractivity contribution in [2.75, 3.05) is 6.61 Å². The molecule has 1 fully saturated rings. The fourth-order valence-corrected chi connectivity index (χ4v) is 11.3. The molecule has 2 aromatic rings. The molecule has 1 aromatic heterocycles. The molecule has 1 aliphatic heterocycles. The highest BCUT2D eigenvalue weighted by molar-refractivity contribution is 7.52. The van der Waals surface area contributed by atoms with Gasteiger partial charge in [-0.3, -0.25) is 23.5 Å². The minimum absolute atomic E-state index is 0.0172. The van der Waals surface area contributed by atoms with Gasteiger partial charge < -0.3 is 18.7 Å². The lowest BCUT2D eigenvalue weighted by atomic mass is 9.93. The molecular formula is C59H99N6O10P. The van der Waals surface area contributed by atoms with Gasteiger partial charge in [0.25, 0.3) is 0 Å². The van der Waals surface area contributed by atoms with Crippen LogP contribution in [0.3, 0.4) is 0 Å². The zero-order valence-corrected chi connectivity index (χ0v) is 48.6. The van der Waals surface area contributed by atoms with E-state index in [9.17, 15) is 29.3 Å². The van der Waals surface area contributed by atoms with Gasteiger partial charge in [0.2, 0.25) is 0 Å². The Morgan fingerprint density at radius 1 is 0.737 bits per heavy atom. The number of rotatable bonds is 46. The highest BCUT2D eigenvalue weighted by Crippen LogP contribution is 2.48. The maximum atomic E-state index is 14.6. The third kappa shape index (κ3) is 27.0. The van der Waals surface area contributed by atoms with Gasteiger partial charge in [-0.05, 0) is 64.3 Å². The number of unbranched alkanes of at least 4 members (excludes halogenated alkanes) is 28. The van der Waals surface area contributed by atoms with Crippen LogP contribution in [0.5, 0.6) is 5.75 Å². The number of hydrogen-bond donors (Lipinski definition) is 1. The first-order chi connectivity index (χ1) is 36.7. The zero-order chi connectivity index (χ0) is 55.3. The topological polar surface area (TPSA) is 210 Å². The molecule has 76 heavy (non-hydrogen) atoms. The predicted octanol–water partition coefficient (Wildman–Crippen LogP) is 15.9. The fraction of sp³-hybridized carbons (Fsp3) is 0.780. The number of aromatic nitrogens is 2. The number of Topliss-reactive ketones (excluding diaryl/α,β-unsaturated/α-hetero) is 1. The van der Waals surface area contributed by atoms with Gasteiger partial charge in [-0.25, -0.2) is 9.36 Å². The molecule has 1 unspecified atom stereocenters. The average molecular weight is 1080 g/mol. The Morgan fingerprint density at radius 2 is 1.21 bits per heavy atom. The first kappa shape index (κ1) is 66.2. The second kappa shape index (κ2) is 39.3. The smallest absolute Gasteiger partial charge is 0.459 e. The van der Waals surface area contributed by atoms with Gasteiger partial charge in [0.1, 0.15) is 35.3 Å². The molecule has 0 spiro atoms. The summed E-state index contributed by atoms with van der Waals surface area (Å²) in [7, 11) is -4.45. The molecule has 1 aliphatic rings. The van der Waals surface area contributed by atoms with Gasteiger partial charge >= 0.3 is 25.4 Å². The minimum atomic E-state index is -4.45. The van der Waals surface area contributed by atoms with Crippen molar-refractivity contribution >= 4 is 25.5 Å². The van der Waals surface area contributed by atoms with E-state index in [0.717, 1.165) is 49.5 Å². The Bertz CT molecular complexity index is 2070. The van der Waals surface area contributed by atoms with E-state index in [1.54, 1.807) is 50.2 Å². The Hall–Kier alpha value is -4.07. The fourth-order valence-electron chi connectivity index (χ4n) is 9.82. The standard InChI is InChI=1S/C59H99N6O10P/c1-7-9-11-13-15-17-19-21-23-25-27-29-31-33-36-40-51(66)46-50-44-45-65(58(69)61-50)57-59(6,63-64-60)55(74-54(67)43-39-34-32-30-28-26-24-22-20-18-16-14-12-10-8-2)53(73-57)47-71-76(70,75-52-41-37-35-38-42-52)62-49(5)56(68)72-48(3)4/h35,37-38,41-42,44-45,48-49,53,55,57H,7-34,36,39-40,43,46-47H2,1-6H3,(H,62,70)/t49-,53+,55+,57+,59+,76?/m0/s1. The Kier molecular flexibility index (Phi) is 34.3. The number of benzene rings is 1. The summed E-state index contributed by atoms with van der Waals surface area (Å²) in [6.45, 7) is 10.3. The summed E-state index contributed by atoms with van der Waals surface area (Å²) in [5.74, 6) is -1.12. The number of esters is 2. The molecule has 0 saturated carbocycles. The summed E-state index contributed by atoms with van der Waals surface area (Å²) < 4.78 is 45.5. The molecule has 6 atom stereocenters. The zero-order valence-electron chi connectivity index (χ0n) is 47.7. The van der Waals surface area contributed by atoms with E-state index in [1.807, 2.05) is 0 Å². The van der Waals surface area contributed by atoms with Crippen molar-refractivity contribution in [2.45, 2.75) is 290 Å². The molecule has 3 rings (SSSR count). The van der Waals surface area contributed by atoms with Crippen LogP contribution in [0.15, 0.2) is 52.5 Å². The number of hydrogen-bond acceptors (Lipinski definition) is 12. The summed E-state index contributed by atoms with van der Waals surface area (Å²) in [4.78, 5) is 60.8. The van der Waals surface area contributed by atoms with Crippen LogP contribution >= 0.6 is 7.75 Å². The number of para-hydroxylation sites is 1. The number of nitrogens with one attached hydrogen (secondary N) is 1. The van der Waals surface area contributed by atoms with Gasteiger partial charge in [-0.15, -0.1) is 0 Å². The number of carbonyl (C=O) groups excluding carboxylic acids is 3. The molecule has 2 heterocycles. The molecule has 16 nitrogen and oxygen atoms in total. The van der Waals surface area contributed by atoms with Gasteiger partial charge in [0.05, 0.1) is 18.4 Å². The number of carbonyl (C=O) groups is 3. The average Bonchev–Trinajstić information content (AvgIpc) is 3.65. The number of ether oxygens (including phenoxy) is 3. The third-order valence-electron chi connectivity index (χ3n) is 14.2. The van der Waals surface area contributed by atoms with Gasteiger partial charge in [-0.1, -0.05) is 217 Å². The highest BCUT2D eigenvalue weighted by Gasteiger charge is 2.57. The minimum Gasteiger partial charge on any atom is -0.462 e. The van der Waals surface area contributed by atoms with E-state index in [-0.39, 0.29) is 30.1 Å². The van der Waals surface area contributed by atoms with Crippen molar-refractivity contribution in [3.05, 3.63) is 69.2 Å². The highest BCUT2D eigenvalue weighted by atomic mass is 31.2.